The third-order valence-electron chi connectivity index (χ3n) is 7.23. The molecule has 7 aromatic rings. The predicted octanol–water partition coefficient (Wildman–Crippen LogP) is 10.1. The maximum absolute atomic E-state index is 2.38. The summed E-state index contributed by atoms with van der Waals surface area (Å²) < 4.78 is 0. The van der Waals surface area contributed by atoms with Crippen LogP contribution >= 0.6 is 0 Å². The first kappa shape index (κ1) is 20.7. The van der Waals surface area contributed by atoms with Crippen LogP contribution in [0.25, 0.3) is 65.7 Å². The van der Waals surface area contributed by atoms with Gasteiger partial charge in [-0.3, -0.25) is 0 Å². The summed E-state index contributed by atoms with van der Waals surface area (Å²) in [5, 5.41) is 7.67. The standard InChI is InChI=1S/C36H24/c1-3-13-25(14-4-1)28-23-27-17-7-8-18-29(27)34(24-28)36-32-21-11-9-19-30(32)35(26-15-5-2-6-16-26)31-20-10-12-22-33(31)36/h1-24H. The lowest BCUT2D eigenvalue weighted by atomic mass is 9.84. The highest BCUT2D eigenvalue weighted by atomic mass is 14.2. The van der Waals surface area contributed by atoms with Crippen molar-refractivity contribution in [1.29, 1.82) is 0 Å². The molecular weight excluding hydrogens is 432 g/mol. The molecule has 168 valence electrons. The molecule has 7 aromatic carbocycles. The van der Waals surface area contributed by atoms with Gasteiger partial charge in [0.25, 0.3) is 0 Å². The molecule has 0 saturated heterocycles. The summed E-state index contributed by atoms with van der Waals surface area (Å²) in [7, 11) is 0. The molecule has 0 aliphatic carbocycles. The van der Waals surface area contributed by atoms with Crippen molar-refractivity contribution in [2.24, 2.45) is 0 Å². The quantitative estimate of drug-likeness (QED) is 0.232. The third kappa shape index (κ3) is 3.31. The Morgan fingerprint density at radius 1 is 0.278 bits per heavy atom. The van der Waals surface area contributed by atoms with Crippen molar-refractivity contribution in [1.82, 2.24) is 0 Å². The van der Waals surface area contributed by atoms with E-state index in [1.807, 2.05) is 0 Å². The van der Waals surface area contributed by atoms with Crippen molar-refractivity contribution in [3.8, 4) is 33.4 Å². The molecule has 0 atom stereocenters. The van der Waals surface area contributed by atoms with E-state index in [-0.39, 0.29) is 0 Å². The molecule has 0 fully saturated rings. The van der Waals surface area contributed by atoms with Crippen molar-refractivity contribution in [3.05, 3.63) is 146 Å². The summed E-state index contributed by atoms with van der Waals surface area (Å²) in [6, 6.07) is 52.7. The van der Waals surface area contributed by atoms with Crippen molar-refractivity contribution < 1.29 is 0 Å². The van der Waals surface area contributed by atoms with Crippen LogP contribution in [-0.4, -0.2) is 0 Å². The van der Waals surface area contributed by atoms with E-state index in [0.717, 1.165) is 0 Å². The van der Waals surface area contributed by atoms with Gasteiger partial charge in [-0.2, -0.15) is 0 Å². The molecule has 0 bridgehead atoms. The molecule has 7 rings (SSSR count). The summed E-state index contributed by atoms with van der Waals surface area (Å²) in [4.78, 5) is 0. The van der Waals surface area contributed by atoms with Gasteiger partial charge >= 0.3 is 0 Å². The second-order valence-electron chi connectivity index (χ2n) is 9.32. The normalized spacial score (nSPS) is 11.3. The Labute approximate surface area is 211 Å². The first-order valence-corrected chi connectivity index (χ1v) is 12.5. The zero-order chi connectivity index (χ0) is 23.9. The van der Waals surface area contributed by atoms with Gasteiger partial charge in [0, 0.05) is 0 Å². The topological polar surface area (TPSA) is 0 Å². The van der Waals surface area contributed by atoms with Crippen LogP contribution < -0.4 is 0 Å². The Hall–Kier alpha value is -4.68. The summed E-state index contributed by atoms with van der Waals surface area (Å²) in [5.74, 6) is 0. The molecule has 0 amide bonds. The lowest BCUT2D eigenvalue weighted by molar-refractivity contribution is 1.63. The second-order valence-corrected chi connectivity index (χ2v) is 9.32. The SMILES string of the molecule is c1ccc(-c2cc(-c3c4ccccc4c(-c4ccccc4)c4ccccc34)c3ccccc3c2)cc1. The van der Waals surface area contributed by atoms with Crippen LogP contribution in [0.4, 0.5) is 0 Å². The molecule has 0 aliphatic heterocycles. The lowest BCUT2D eigenvalue weighted by Crippen LogP contribution is -1.92. The van der Waals surface area contributed by atoms with Crippen LogP contribution in [0.1, 0.15) is 0 Å². The van der Waals surface area contributed by atoms with Crippen LogP contribution in [-0.2, 0) is 0 Å². The van der Waals surface area contributed by atoms with Gasteiger partial charge in [0.2, 0.25) is 0 Å². The average Bonchev–Trinajstić information content (AvgIpc) is 2.96. The summed E-state index contributed by atoms with van der Waals surface area (Å²) in [6.07, 6.45) is 0. The first-order chi connectivity index (χ1) is 17.9. The highest BCUT2D eigenvalue weighted by Crippen LogP contribution is 2.46. The Kier molecular flexibility index (Phi) is 4.89. The van der Waals surface area contributed by atoms with Crippen molar-refractivity contribution in [2.75, 3.05) is 0 Å². The summed E-state index contributed by atoms with van der Waals surface area (Å²) in [6.45, 7) is 0. The van der Waals surface area contributed by atoms with E-state index in [2.05, 4.69) is 146 Å². The molecule has 0 N–H and O–H groups in total. The van der Waals surface area contributed by atoms with Gasteiger partial charge in [0.05, 0.1) is 0 Å². The lowest BCUT2D eigenvalue weighted by Gasteiger charge is -2.19. The molecule has 0 nitrogen and oxygen atoms in total. The molecule has 0 aromatic heterocycles. The Bertz CT molecular complexity index is 1810. The molecule has 0 heterocycles. The number of rotatable bonds is 3. The number of benzene rings is 7. The van der Waals surface area contributed by atoms with Crippen LogP contribution in [0.15, 0.2) is 146 Å². The minimum absolute atomic E-state index is 1.24. The van der Waals surface area contributed by atoms with E-state index < -0.39 is 0 Å². The van der Waals surface area contributed by atoms with E-state index >= 15 is 0 Å². The van der Waals surface area contributed by atoms with E-state index in [1.165, 1.54) is 65.7 Å². The highest BCUT2D eigenvalue weighted by Gasteiger charge is 2.18. The van der Waals surface area contributed by atoms with E-state index in [0.29, 0.717) is 0 Å². The summed E-state index contributed by atoms with van der Waals surface area (Å²) in [5.41, 5.74) is 7.60. The fourth-order valence-electron chi connectivity index (χ4n) is 5.65. The van der Waals surface area contributed by atoms with Crippen LogP contribution in [0.5, 0.6) is 0 Å². The van der Waals surface area contributed by atoms with Gasteiger partial charge in [-0.25, -0.2) is 0 Å². The second kappa shape index (κ2) is 8.52. The molecule has 0 heteroatoms. The van der Waals surface area contributed by atoms with E-state index in [1.54, 1.807) is 0 Å². The Morgan fingerprint density at radius 2 is 0.722 bits per heavy atom. The number of hydrogen-bond acceptors (Lipinski definition) is 0. The molecule has 36 heavy (non-hydrogen) atoms. The Balaban J connectivity index is 1.66. The largest absolute Gasteiger partial charge is 0.0622 e. The molecule has 0 saturated carbocycles. The molecule has 0 unspecified atom stereocenters. The van der Waals surface area contributed by atoms with Gasteiger partial charge in [0.1, 0.15) is 0 Å². The molecule has 0 aliphatic rings. The minimum atomic E-state index is 1.24. The monoisotopic (exact) mass is 456 g/mol. The fourth-order valence-corrected chi connectivity index (χ4v) is 5.65. The van der Waals surface area contributed by atoms with Crippen molar-refractivity contribution in [2.45, 2.75) is 0 Å². The van der Waals surface area contributed by atoms with Gasteiger partial charge in [0.15, 0.2) is 0 Å². The van der Waals surface area contributed by atoms with Gasteiger partial charge in [-0.15, -0.1) is 0 Å². The van der Waals surface area contributed by atoms with E-state index in [9.17, 15) is 0 Å². The van der Waals surface area contributed by atoms with Gasteiger partial charge in [-0.05, 0) is 77.8 Å². The maximum Gasteiger partial charge on any atom is -0.00199 e. The van der Waals surface area contributed by atoms with Gasteiger partial charge < -0.3 is 0 Å². The molecule has 0 radical (unpaired) electrons. The molecule has 0 spiro atoms. The maximum atomic E-state index is 2.38. The van der Waals surface area contributed by atoms with E-state index in [4.69, 9.17) is 0 Å². The van der Waals surface area contributed by atoms with Crippen LogP contribution in [0, 0.1) is 0 Å². The number of hydrogen-bond donors (Lipinski definition) is 0. The predicted molar refractivity (Wildman–Crippen MR) is 155 cm³/mol. The summed E-state index contributed by atoms with van der Waals surface area (Å²) >= 11 is 0. The number of fused-ring (bicyclic) bond motifs is 3. The van der Waals surface area contributed by atoms with Crippen molar-refractivity contribution in [3.63, 3.8) is 0 Å². The van der Waals surface area contributed by atoms with Gasteiger partial charge in [-0.1, -0.05) is 133 Å². The fraction of sp³-hybridized carbons (Fsp3) is 0. The van der Waals surface area contributed by atoms with Crippen molar-refractivity contribution >= 4 is 32.3 Å². The van der Waals surface area contributed by atoms with Crippen LogP contribution in [0.2, 0.25) is 0 Å². The minimum Gasteiger partial charge on any atom is -0.0622 e. The smallest absolute Gasteiger partial charge is 0.00199 e. The third-order valence-corrected chi connectivity index (χ3v) is 7.23. The zero-order valence-electron chi connectivity index (χ0n) is 19.9. The van der Waals surface area contributed by atoms with Crippen LogP contribution in [0.3, 0.4) is 0 Å². The average molecular weight is 457 g/mol. The highest BCUT2D eigenvalue weighted by molar-refractivity contribution is 6.23. The Morgan fingerprint density at radius 3 is 1.31 bits per heavy atom. The first-order valence-electron chi connectivity index (χ1n) is 12.5. The molecular formula is C36H24. The zero-order valence-corrected chi connectivity index (χ0v) is 19.9.